The van der Waals surface area contributed by atoms with Crippen molar-refractivity contribution in [3.8, 4) is 0 Å². The fraction of sp³-hybridized carbons (Fsp3) is 0.533. The number of rotatable bonds is 4. The normalized spacial score (nSPS) is 16.2. The summed E-state index contributed by atoms with van der Waals surface area (Å²) in [6.07, 6.45) is 3.99. The summed E-state index contributed by atoms with van der Waals surface area (Å²) in [6, 6.07) is 5.70. The quantitative estimate of drug-likeness (QED) is 0.918. The van der Waals surface area contributed by atoms with Gasteiger partial charge in [0.05, 0.1) is 5.52 Å². The number of halogens is 1. The van der Waals surface area contributed by atoms with E-state index in [1.807, 2.05) is 19.9 Å². The molecule has 0 bridgehead atoms. The molecule has 1 aliphatic carbocycles. The van der Waals surface area contributed by atoms with E-state index in [0.717, 1.165) is 24.2 Å². The molecule has 0 atom stereocenters. The van der Waals surface area contributed by atoms with Crippen LogP contribution in [-0.2, 0) is 6.42 Å². The predicted molar refractivity (Wildman–Crippen MR) is 74.5 cm³/mol. The molecule has 19 heavy (non-hydrogen) atoms. The molecular weight excluding hydrogens is 241 g/mol. The minimum absolute atomic E-state index is 0.217. The second kappa shape index (κ2) is 4.30. The standard InChI is InChI=1S/C15H20FN3/c1-15(2,17)9-8-13-18-14-11(16)4-3-5-12(14)19(13)10-6-7-10/h3-5,10H,6-9,17H2,1-2H3. The third kappa shape index (κ3) is 2.50. The van der Waals surface area contributed by atoms with E-state index in [-0.39, 0.29) is 11.4 Å². The molecule has 1 aromatic heterocycles. The van der Waals surface area contributed by atoms with E-state index in [1.54, 1.807) is 6.07 Å². The molecule has 2 N–H and O–H groups in total. The van der Waals surface area contributed by atoms with E-state index in [1.165, 1.54) is 18.9 Å². The fourth-order valence-corrected chi connectivity index (χ4v) is 2.48. The molecule has 1 fully saturated rings. The molecule has 0 spiro atoms. The van der Waals surface area contributed by atoms with Crippen molar-refractivity contribution in [2.24, 2.45) is 5.73 Å². The molecule has 0 amide bonds. The highest BCUT2D eigenvalue weighted by molar-refractivity contribution is 5.77. The summed E-state index contributed by atoms with van der Waals surface area (Å²) < 4.78 is 16.0. The Balaban J connectivity index is 2.03. The van der Waals surface area contributed by atoms with Gasteiger partial charge in [-0.1, -0.05) is 6.07 Å². The average Bonchev–Trinajstić information content (AvgIpc) is 3.07. The van der Waals surface area contributed by atoms with Crippen LogP contribution in [0.1, 0.15) is 45.0 Å². The van der Waals surface area contributed by atoms with E-state index in [9.17, 15) is 4.39 Å². The molecular formula is C15H20FN3. The Kier molecular flexibility index (Phi) is 2.86. The lowest BCUT2D eigenvalue weighted by Gasteiger charge is -2.18. The summed E-state index contributed by atoms with van der Waals surface area (Å²) in [6.45, 7) is 4.02. The van der Waals surface area contributed by atoms with Gasteiger partial charge in [-0.05, 0) is 45.2 Å². The first-order valence-corrected chi connectivity index (χ1v) is 6.90. The van der Waals surface area contributed by atoms with Crippen molar-refractivity contribution in [3.63, 3.8) is 0 Å². The maximum Gasteiger partial charge on any atom is 0.151 e. The minimum atomic E-state index is -0.231. The molecule has 2 aromatic rings. The zero-order valence-electron chi connectivity index (χ0n) is 11.5. The highest BCUT2D eigenvalue weighted by Gasteiger charge is 2.29. The molecule has 3 rings (SSSR count). The lowest BCUT2D eigenvalue weighted by molar-refractivity contribution is 0.465. The molecule has 1 aromatic carbocycles. The Bertz CT molecular complexity index is 606. The molecule has 1 aliphatic rings. The van der Waals surface area contributed by atoms with Crippen molar-refractivity contribution < 1.29 is 4.39 Å². The van der Waals surface area contributed by atoms with Crippen LogP contribution in [0.4, 0.5) is 4.39 Å². The van der Waals surface area contributed by atoms with Crippen LogP contribution in [0.2, 0.25) is 0 Å². The average molecular weight is 261 g/mol. The molecule has 102 valence electrons. The first kappa shape index (κ1) is 12.6. The zero-order valence-corrected chi connectivity index (χ0v) is 11.5. The number of nitrogens with two attached hydrogens (primary N) is 1. The maximum absolute atomic E-state index is 13.8. The molecule has 0 aliphatic heterocycles. The van der Waals surface area contributed by atoms with Gasteiger partial charge in [0.1, 0.15) is 11.3 Å². The third-order valence-electron chi connectivity index (χ3n) is 3.65. The van der Waals surface area contributed by atoms with E-state index >= 15 is 0 Å². The Labute approximate surface area is 112 Å². The van der Waals surface area contributed by atoms with Crippen molar-refractivity contribution in [2.45, 2.75) is 51.1 Å². The van der Waals surface area contributed by atoms with Crippen molar-refractivity contribution in [2.75, 3.05) is 0 Å². The van der Waals surface area contributed by atoms with Gasteiger partial charge in [0.25, 0.3) is 0 Å². The number of aryl methyl sites for hydroxylation is 1. The van der Waals surface area contributed by atoms with Gasteiger partial charge in [-0.3, -0.25) is 0 Å². The molecule has 0 saturated heterocycles. The molecule has 0 radical (unpaired) electrons. The van der Waals surface area contributed by atoms with Gasteiger partial charge >= 0.3 is 0 Å². The van der Waals surface area contributed by atoms with Crippen LogP contribution in [0, 0.1) is 5.82 Å². The van der Waals surface area contributed by atoms with Crippen LogP contribution in [0.5, 0.6) is 0 Å². The maximum atomic E-state index is 13.8. The highest BCUT2D eigenvalue weighted by Crippen LogP contribution is 2.39. The number of benzene rings is 1. The summed E-state index contributed by atoms with van der Waals surface area (Å²) in [4.78, 5) is 4.51. The largest absolute Gasteiger partial charge is 0.326 e. The zero-order chi connectivity index (χ0) is 13.6. The van der Waals surface area contributed by atoms with E-state index in [2.05, 4.69) is 9.55 Å². The second-order valence-corrected chi connectivity index (χ2v) is 6.23. The summed E-state index contributed by atoms with van der Waals surface area (Å²) in [5, 5.41) is 0. The number of para-hydroxylation sites is 1. The number of hydrogen-bond donors (Lipinski definition) is 1. The van der Waals surface area contributed by atoms with Gasteiger partial charge in [0.2, 0.25) is 0 Å². The lowest BCUT2D eigenvalue weighted by atomic mass is 10.00. The number of nitrogens with zero attached hydrogens (tertiary/aromatic N) is 2. The SMILES string of the molecule is CC(C)(N)CCc1nc2c(F)cccc2n1C1CC1. The third-order valence-corrected chi connectivity index (χ3v) is 3.65. The summed E-state index contributed by atoms with van der Waals surface area (Å²) >= 11 is 0. The molecule has 4 heteroatoms. The number of imidazole rings is 1. The van der Waals surface area contributed by atoms with E-state index < -0.39 is 0 Å². The number of fused-ring (bicyclic) bond motifs is 1. The topological polar surface area (TPSA) is 43.8 Å². The van der Waals surface area contributed by atoms with Gasteiger partial charge in [-0.25, -0.2) is 9.37 Å². The molecule has 3 nitrogen and oxygen atoms in total. The van der Waals surface area contributed by atoms with Gasteiger partial charge in [-0.15, -0.1) is 0 Å². The van der Waals surface area contributed by atoms with E-state index in [0.29, 0.717) is 11.6 Å². The summed E-state index contributed by atoms with van der Waals surface area (Å²) in [7, 11) is 0. The first-order valence-electron chi connectivity index (χ1n) is 6.90. The van der Waals surface area contributed by atoms with Gasteiger partial charge < -0.3 is 10.3 Å². The number of aromatic nitrogens is 2. The Hall–Kier alpha value is -1.42. The Morgan fingerprint density at radius 2 is 2.16 bits per heavy atom. The smallest absolute Gasteiger partial charge is 0.151 e. The monoisotopic (exact) mass is 261 g/mol. The Morgan fingerprint density at radius 3 is 2.79 bits per heavy atom. The molecule has 0 unspecified atom stereocenters. The predicted octanol–water partition coefficient (Wildman–Crippen LogP) is 3.18. The van der Waals surface area contributed by atoms with Crippen molar-refractivity contribution >= 4 is 11.0 Å². The van der Waals surface area contributed by atoms with Gasteiger partial charge in [-0.2, -0.15) is 0 Å². The van der Waals surface area contributed by atoms with Crippen LogP contribution in [0.3, 0.4) is 0 Å². The molecule has 1 saturated carbocycles. The van der Waals surface area contributed by atoms with Crippen LogP contribution in [0.15, 0.2) is 18.2 Å². The number of hydrogen-bond acceptors (Lipinski definition) is 2. The highest BCUT2D eigenvalue weighted by atomic mass is 19.1. The van der Waals surface area contributed by atoms with Crippen molar-refractivity contribution in [1.82, 2.24) is 9.55 Å². The first-order chi connectivity index (χ1) is 8.96. The van der Waals surface area contributed by atoms with Crippen LogP contribution in [-0.4, -0.2) is 15.1 Å². The fourth-order valence-electron chi connectivity index (χ4n) is 2.48. The van der Waals surface area contributed by atoms with E-state index in [4.69, 9.17) is 5.73 Å². The summed E-state index contributed by atoms with van der Waals surface area (Å²) in [5.74, 6) is 0.742. The van der Waals surface area contributed by atoms with Crippen molar-refractivity contribution in [3.05, 3.63) is 29.8 Å². The summed E-state index contributed by atoms with van der Waals surface area (Å²) in [5.41, 5.74) is 7.24. The molecule has 1 heterocycles. The van der Waals surface area contributed by atoms with Crippen molar-refractivity contribution in [1.29, 1.82) is 0 Å². The van der Waals surface area contributed by atoms with Crippen LogP contribution < -0.4 is 5.73 Å². The van der Waals surface area contributed by atoms with Gasteiger partial charge in [0.15, 0.2) is 5.82 Å². The van der Waals surface area contributed by atoms with Crippen LogP contribution in [0.25, 0.3) is 11.0 Å². The minimum Gasteiger partial charge on any atom is -0.326 e. The van der Waals surface area contributed by atoms with Gasteiger partial charge in [0, 0.05) is 18.0 Å². The lowest BCUT2D eigenvalue weighted by Crippen LogP contribution is -2.32. The van der Waals surface area contributed by atoms with Crippen LogP contribution >= 0.6 is 0 Å². The Morgan fingerprint density at radius 1 is 1.42 bits per heavy atom. The second-order valence-electron chi connectivity index (χ2n) is 6.23.